The van der Waals surface area contributed by atoms with Gasteiger partial charge in [0.15, 0.2) is 0 Å². The van der Waals surface area contributed by atoms with Crippen molar-refractivity contribution in [2.24, 2.45) is 5.92 Å². The first kappa shape index (κ1) is 15.5. The Kier molecular flexibility index (Phi) is 4.83. The van der Waals surface area contributed by atoms with Crippen LogP contribution in [-0.2, 0) is 0 Å². The van der Waals surface area contributed by atoms with Gasteiger partial charge in [-0.05, 0) is 59.8 Å². The number of nitrogens with one attached hydrogen (secondary N) is 1. The summed E-state index contributed by atoms with van der Waals surface area (Å²) < 4.78 is 43.7. The SMILES string of the molecule is COc1ccc(NC2CCC(C(F)(F)F)CC2)cc1Br. The van der Waals surface area contributed by atoms with Gasteiger partial charge in [-0.2, -0.15) is 13.2 Å². The summed E-state index contributed by atoms with van der Waals surface area (Å²) in [6, 6.07) is 5.69. The molecule has 112 valence electrons. The van der Waals surface area contributed by atoms with Gasteiger partial charge in [-0.25, -0.2) is 0 Å². The molecule has 0 spiro atoms. The molecule has 1 aliphatic rings. The fourth-order valence-corrected chi connectivity index (χ4v) is 3.10. The van der Waals surface area contributed by atoms with Crippen LogP contribution in [0.2, 0.25) is 0 Å². The summed E-state index contributed by atoms with van der Waals surface area (Å²) in [4.78, 5) is 0. The van der Waals surface area contributed by atoms with Crippen molar-refractivity contribution in [2.45, 2.75) is 37.9 Å². The van der Waals surface area contributed by atoms with Crippen LogP contribution in [-0.4, -0.2) is 19.3 Å². The molecule has 0 heterocycles. The van der Waals surface area contributed by atoms with E-state index in [1.807, 2.05) is 18.2 Å². The molecule has 0 aromatic heterocycles. The third-order valence-corrected chi connectivity index (χ3v) is 4.33. The van der Waals surface area contributed by atoms with Crippen LogP contribution in [0.5, 0.6) is 5.75 Å². The maximum Gasteiger partial charge on any atom is 0.391 e. The van der Waals surface area contributed by atoms with Crippen molar-refractivity contribution >= 4 is 21.6 Å². The highest BCUT2D eigenvalue weighted by Gasteiger charge is 2.41. The molecule has 0 radical (unpaired) electrons. The van der Waals surface area contributed by atoms with Crippen LogP contribution in [0.4, 0.5) is 18.9 Å². The van der Waals surface area contributed by atoms with Crippen LogP contribution >= 0.6 is 15.9 Å². The Bertz CT molecular complexity index is 456. The van der Waals surface area contributed by atoms with Crippen molar-refractivity contribution < 1.29 is 17.9 Å². The minimum Gasteiger partial charge on any atom is -0.496 e. The summed E-state index contributed by atoms with van der Waals surface area (Å²) in [6.07, 6.45) is -2.53. The van der Waals surface area contributed by atoms with Gasteiger partial charge in [0.05, 0.1) is 17.5 Å². The predicted molar refractivity (Wildman–Crippen MR) is 76.1 cm³/mol. The Morgan fingerprint density at radius 2 is 1.85 bits per heavy atom. The van der Waals surface area contributed by atoms with Gasteiger partial charge in [0.2, 0.25) is 0 Å². The number of ether oxygens (including phenoxy) is 1. The molecule has 0 atom stereocenters. The number of benzene rings is 1. The van der Waals surface area contributed by atoms with E-state index < -0.39 is 12.1 Å². The standard InChI is InChI=1S/C14H17BrF3NO/c1-20-13-7-6-11(8-12(13)15)19-10-4-2-9(3-5-10)14(16,17)18/h6-10,19H,2-5H2,1H3. The second-order valence-corrected chi connectivity index (χ2v) is 5.94. The zero-order valence-electron chi connectivity index (χ0n) is 11.1. The molecule has 2 rings (SSSR count). The van der Waals surface area contributed by atoms with Crippen molar-refractivity contribution in [3.8, 4) is 5.75 Å². The number of methoxy groups -OCH3 is 1. The number of hydrogen-bond donors (Lipinski definition) is 1. The lowest BCUT2D eigenvalue weighted by atomic mass is 9.85. The van der Waals surface area contributed by atoms with E-state index in [0.29, 0.717) is 12.8 Å². The average Bonchev–Trinajstić information content (AvgIpc) is 2.38. The first-order valence-corrected chi connectivity index (χ1v) is 7.36. The van der Waals surface area contributed by atoms with E-state index in [9.17, 15) is 13.2 Å². The fraction of sp³-hybridized carbons (Fsp3) is 0.571. The molecule has 6 heteroatoms. The van der Waals surface area contributed by atoms with Crippen molar-refractivity contribution in [1.29, 1.82) is 0 Å². The number of alkyl halides is 3. The summed E-state index contributed by atoms with van der Waals surface area (Å²) in [5.74, 6) is -0.403. The summed E-state index contributed by atoms with van der Waals surface area (Å²) >= 11 is 3.39. The quantitative estimate of drug-likeness (QED) is 0.828. The van der Waals surface area contributed by atoms with Gasteiger partial charge < -0.3 is 10.1 Å². The third-order valence-electron chi connectivity index (χ3n) is 3.71. The molecule has 1 saturated carbocycles. The Morgan fingerprint density at radius 3 is 2.35 bits per heavy atom. The first-order chi connectivity index (χ1) is 9.40. The second kappa shape index (κ2) is 6.24. The van der Waals surface area contributed by atoms with E-state index in [-0.39, 0.29) is 18.9 Å². The predicted octanol–water partition coefficient (Wildman–Crippen LogP) is 4.99. The van der Waals surface area contributed by atoms with Crippen LogP contribution in [0.25, 0.3) is 0 Å². The zero-order valence-corrected chi connectivity index (χ0v) is 12.7. The molecular weight excluding hydrogens is 335 g/mol. The van der Waals surface area contributed by atoms with Crippen molar-refractivity contribution in [2.75, 3.05) is 12.4 Å². The Morgan fingerprint density at radius 1 is 1.20 bits per heavy atom. The molecule has 0 aliphatic heterocycles. The van der Waals surface area contributed by atoms with Crippen molar-refractivity contribution in [1.82, 2.24) is 0 Å². The molecule has 2 nitrogen and oxygen atoms in total. The van der Waals surface area contributed by atoms with Crippen LogP contribution in [0.1, 0.15) is 25.7 Å². The van der Waals surface area contributed by atoms with Crippen molar-refractivity contribution in [3.63, 3.8) is 0 Å². The summed E-state index contributed by atoms with van der Waals surface area (Å²) in [5, 5.41) is 3.29. The third kappa shape index (κ3) is 3.81. The van der Waals surface area contributed by atoms with E-state index in [0.717, 1.165) is 15.9 Å². The number of anilines is 1. The van der Waals surface area contributed by atoms with Gasteiger partial charge in [-0.15, -0.1) is 0 Å². The normalized spacial score (nSPS) is 23.4. The van der Waals surface area contributed by atoms with E-state index >= 15 is 0 Å². The van der Waals surface area contributed by atoms with Gasteiger partial charge in [-0.3, -0.25) is 0 Å². The maximum atomic E-state index is 12.6. The number of rotatable bonds is 3. The van der Waals surface area contributed by atoms with Gasteiger partial charge >= 0.3 is 6.18 Å². The van der Waals surface area contributed by atoms with Crippen molar-refractivity contribution in [3.05, 3.63) is 22.7 Å². The lowest BCUT2D eigenvalue weighted by Gasteiger charge is -2.31. The van der Waals surface area contributed by atoms with Gasteiger partial charge in [0.25, 0.3) is 0 Å². The number of halogens is 4. The maximum absolute atomic E-state index is 12.6. The molecule has 1 N–H and O–H groups in total. The summed E-state index contributed by atoms with van der Waals surface area (Å²) in [5.41, 5.74) is 0.896. The molecule has 0 saturated heterocycles. The summed E-state index contributed by atoms with van der Waals surface area (Å²) in [7, 11) is 1.59. The summed E-state index contributed by atoms with van der Waals surface area (Å²) in [6.45, 7) is 0. The Balaban J connectivity index is 1.91. The highest BCUT2D eigenvalue weighted by molar-refractivity contribution is 9.10. The van der Waals surface area contributed by atoms with Gasteiger partial charge in [0, 0.05) is 11.7 Å². The second-order valence-electron chi connectivity index (χ2n) is 5.08. The van der Waals surface area contributed by atoms with Gasteiger partial charge in [-0.1, -0.05) is 0 Å². The van der Waals surface area contributed by atoms with Crippen LogP contribution in [0.3, 0.4) is 0 Å². The molecule has 20 heavy (non-hydrogen) atoms. The van der Waals surface area contributed by atoms with E-state index in [1.54, 1.807) is 7.11 Å². The average molecular weight is 352 g/mol. The topological polar surface area (TPSA) is 21.3 Å². The highest BCUT2D eigenvalue weighted by Crippen LogP contribution is 2.38. The molecule has 0 bridgehead atoms. The lowest BCUT2D eigenvalue weighted by molar-refractivity contribution is -0.182. The van der Waals surface area contributed by atoms with E-state index in [4.69, 9.17) is 4.74 Å². The first-order valence-electron chi connectivity index (χ1n) is 6.57. The largest absolute Gasteiger partial charge is 0.496 e. The minimum atomic E-state index is -4.05. The van der Waals surface area contributed by atoms with Crippen LogP contribution in [0.15, 0.2) is 22.7 Å². The Labute approximate surface area is 124 Å². The fourth-order valence-electron chi connectivity index (χ4n) is 2.56. The molecular formula is C14H17BrF3NO. The lowest BCUT2D eigenvalue weighted by Crippen LogP contribution is -2.32. The monoisotopic (exact) mass is 351 g/mol. The van der Waals surface area contributed by atoms with Crippen LogP contribution in [0, 0.1) is 5.92 Å². The highest BCUT2D eigenvalue weighted by atomic mass is 79.9. The smallest absolute Gasteiger partial charge is 0.391 e. The molecule has 0 amide bonds. The molecule has 0 unspecified atom stereocenters. The molecule has 1 aliphatic carbocycles. The Hall–Kier alpha value is -0.910. The molecule has 1 fully saturated rings. The van der Waals surface area contributed by atoms with E-state index in [1.165, 1.54) is 0 Å². The van der Waals surface area contributed by atoms with Crippen LogP contribution < -0.4 is 10.1 Å². The molecule has 1 aromatic rings. The minimum absolute atomic E-state index is 0.105. The molecule has 1 aromatic carbocycles. The van der Waals surface area contributed by atoms with Gasteiger partial charge in [0.1, 0.15) is 5.75 Å². The van der Waals surface area contributed by atoms with E-state index in [2.05, 4.69) is 21.2 Å². The zero-order chi connectivity index (χ0) is 14.8. The number of hydrogen-bond acceptors (Lipinski definition) is 2.